The molecule has 0 saturated carbocycles. The van der Waals surface area contributed by atoms with Gasteiger partial charge in [0, 0.05) is 28.8 Å². The zero-order valence-corrected chi connectivity index (χ0v) is 17.1. The predicted molar refractivity (Wildman–Crippen MR) is 102 cm³/mol. The summed E-state index contributed by atoms with van der Waals surface area (Å²) in [5, 5.41) is 3.06. The van der Waals surface area contributed by atoms with Crippen molar-refractivity contribution < 1.29 is 13.2 Å². The summed E-state index contributed by atoms with van der Waals surface area (Å²) in [6.45, 7) is 9.18. The number of sulfonamides is 1. The third-order valence-corrected chi connectivity index (χ3v) is 7.56. The van der Waals surface area contributed by atoms with Crippen molar-refractivity contribution in [2.24, 2.45) is 0 Å². The summed E-state index contributed by atoms with van der Waals surface area (Å²) in [5.41, 5.74) is 0.674. The molecule has 1 aromatic carbocycles. The minimum atomic E-state index is -3.89. The van der Waals surface area contributed by atoms with Gasteiger partial charge in [-0.2, -0.15) is 0 Å². The second-order valence-electron chi connectivity index (χ2n) is 5.73. The summed E-state index contributed by atoms with van der Waals surface area (Å²) >= 11 is 7.66. The molecule has 25 heavy (non-hydrogen) atoms. The van der Waals surface area contributed by atoms with Crippen molar-refractivity contribution in [1.29, 1.82) is 0 Å². The van der Waals surface area contributed by atoms with Gasteiger partial charge in [-0.3, -0.25) is 0 Å². The molecule has 6 nitrogen and oxygen atoms in total. The third-order valence-electron chi connectivity index (χ3n) is 4.17. The summed E-state index contributed by atoms with van der Waals surface area (Å²) in [6, 6.07) is 2.67. The van der Waals surface area contributed by atoms with E-state index in [1.807, 2.05) is 0 Å². The summed E-state index contributed by atoms with van der Waals surface area (Å²) < 4.78 is 26.8. The zero-order valence-electron chi connectivity index (χ0n) is 14.7. The lowest BCUT2D eigenvalue weighted by Gasteiger charge is -2.20. The number of hydrogen-bond donors (Lipinski definition) is 1. The van der Waals surface area contributed by atoms with Crippen LogP contribution >= 0.6 is 23.4 Å². The van der Waals surface area contributed by atoms with Crippen molar-refractivity contribution in [1.82, 2.24) is 14.5 Å². The first kappa shape index (κ1) is 20.4. The van der Waals surface area contributed by atoms with Crippen LogP contribution < -0.4 is 5.32 Å². The zero-order chi connectivity index (χ0) is 18.6. The fourth-order valence-electron chi connectivity index (χ4n) is 2.58. The molecule has 1 aliphatic heterocycles. The fourth-order valence-corrected chi connectivity index (χ4v) is 5.76. The van der Waals surface area contributed by atoms with Gasteiger partial charge in [0.2, 0.25) is 0 Å². The minimum absolute atomic E-state index is 0.145. The highest BCUT2D eigenvalue weighted by Crippen LogP contribution is 2.34. The number of aryl methyl sites for hydroxylation is 1. The summed E-state index contributed by atoms with van der Waals surface area (Å²) in [4.78, 5) is 14.8. The maximum absolute atomic E-state index is 12.9. The van der Waals surface area contributed by atoms with Crippen molar-refractivity contribution in [2.75, 3.05) is 38.5 Å². The SMILES string of the molecule is CCN(CC)CCSc1cc(Cl)c(C)cc1S(=O)(=O)N1CCNC1=O. The Hall–Kier alpha value is -0.960. The number of hydrogen-bond acceptors (Lipinski definition) is 5. The lowest BCUT2D eigenvalue weighted by atomic mass is 10.2. The average Bonchev–Trinajstić information content (AvgIpc) is 3.01. The monoisotopic (exact) mass is 405 g/mol. The number of halogens is 1. The largest absolute Gasteiger partial charge is 0.335 e. The highest BCUT2D eigenvalue weighted by molar-refractivity contribution is 8.00. The van der Waals surface area contributed by atoms with Gasteiger partial charge in [0.1, 0.15) is 4.90 Å². The van der Waals surface area contributed by atoms with Gasteiger partial charge in [-0.15, -0.1) is 11.8 Å². The summed E-state index contributed by atoms with van der Waals surface area (Å²) in [6.07, 6.45) is 0. The number of amides is 2. The number of carbonyl (C=O) groups is 1. The first-order chi connectivity index (χ1) is 11.8. The van der Waals surface area contributed by atoms with E-state index in [9.17, 15) is 13.2 Å². The minimum Gasteiger partial charge on any atom is -0.335 e. The van der Waals surface area contributed by atoms with Crippen LogP contribution in [0.15, 0.2) is 21.9 Å². The summed E-state index contributed by atoms with van der Waals surface area (Å²) in [7, 11) is -3.89. The third kappa shape index (κ3) is 4.61. The molecule has 0 unspecified atom stereocenters. The molecule has 9 heteroatoms. The molecule has 0 bridgehead atoms. The number of benzene rings is 1. The van der Waals surface area contributed by atoms with Crippen LogP contribution in [-0.4, -0.2) is 62.1 Å². The Bertz CT molecular complexity index is 736. The standard InChI is InChI=1S/C16H24ClN3O3S2/c1-4-19(5-2)8-9-24-14-11-13(17)12(3)10-15(14)25(22,23)20-7-6-18-16(20)21/h10-11H,4-9H2,1-3H3,(H,18,21). The van der Waals surface area contributed by atoms with Gasteiger partial charge in [-0.05, 0) is 37.7 Å². The molecule has 1 aromatic rings. The van der Waals surface area contributed by atoms with E-state index in [-0.39, 0.29) is 11.4 Å². The van der Waals surface area contributed by atoms with Crippen molar-refractivity contribution >= 4 is 39.4 Å². The van der Waals surface area contributed by atoms with Crippen LogP contribution in [0.25, 0.3) is 0 Å². The summed E-state index contributed by atoms with van der Waals surface area (Å²) in [5.74, 6) is 0.746. The Morgan fingerprint density at radius 3 is 2.56 bits per heavy atom. The number of nitrogens with one attached hydrogen (secondary N) is 1. The van der Waals surface area contributed by atoms with Crippen LogP contribution in [0.5, 0.6) is 0 Å². The van der Waals surface area contributed by atoms with Crippen LogP contribution in [0, 0.1) is 6.92 Å². The van der Waals surface area contributed by atoms with Crippen LogP contribution in [-0.2, 0) is 10.0 Å². The average molecular weight is 406 g/mol. The quantitative estimate of drug-likeness (QED) is 0.673. The van der Waals surface area contributed by atoms with Gasteiger partial charge in [0.25, 0.3) is 10.0 Å². The predicted octanol–water partition coefficient (Wildman–Crippen LogP) is 2.80. The molecule has 0 atom stereocenters. The molecular formula is C16H24ClN3O3S2. The molecule has 0 radical (unpaired) electrons. The Morgan fingerprint density at radius 1 is 1.32 bits per heavy atom. The normalized spacial score (nSPS) is 15.1. The fraction of sp³-hybridized carbons (Fsp3) is 0.562. The van der Waals surface area contributed by atoms with E-state index < -0.39 is 16.1 Å². The van der Waals surface area contributed by atoms with E-state index in [0.717, 1.165) is 29.7 Å². The highest BCUT2D eigenvalue weighted by atomic mass is 35.5. The van der Waals surface area contributed by atoms with Crippen molar-refractivity contribution in [2.45, 2.75) is 30.6 Å². The van der Waals surface area contributed by atoms with Crippen molar-refractivity contribution in [3.8, 4) is 0 Å². The van der Waals surface area contributed by atoms with Gasteiger partial charge in [0.05, 0.1) is 6.54 Å². The molecule has 0 aliphatic carbocycles. The van der Waals surface area contributed by atoms with Gasteiger partial charge < -0.3 is 10.2 Å². The Balaban J connectivity index is 2.30. The van der Waals surface area contributed by atoms with Gasteiger partial charge in [0.15, 0.2) is 0 Å². The smallest absolute Gasteiger partial charge is 0.331 e. The maximum atomic E-state index is 12.9. The molecule has 1 N–H and O–H groups in total. The molecule has 1 aliphatic rings. The Labute approximate surface area is 158 Å². The first-order valence-corrected chi connectivity index (χ1v) is 11.1. The second kappa shape index (κ2) is 8.62. The molecule has 1 saturated heterocycles. The Morgan fingerprint density at radius 2 is 2.00 bits per heavy atom. The van der Waals surface area contributed by atoms with Crippen LogP contribution in [0.2, 0.25) is 5.02 Å². The molecule has 140 valence electrons. The van der Waals surface area contributed by atoms with Crippen LogP contribution in [0.3, 0.4) is 0 Å². The van der Waals surface area contributed by atoms with Crippen molar-refractivity contribution in [3.05, 3.63) is 22.7 Å². The number of rotatable bonds is 8. The first-order valence-electron chi connectivity index (χ1n) is 8.27. The van der Waals surface area contributed by atoms with Gasteiger partial charge >= 0.3 is 6.03 Å². The maximum Gasteiger partial charge on any atom is 0.331 e. The highest BCUT2D eigenvalue weighted by Gasteiger charge is 2.34. The van der Waals surface area contributed by atoms with E-state index in [1.54, 1.807) is 19.1 Å². The number of thioether (sulfide) groups is 1. The van der Waals surface area contributed by atoms with E-state index >= 15 is 0 Å². The molecule has 2 amide bonds. The van der Waals surface area contributed by atoms with E-state index in [1.165, 1.54) is 11.8 Å². The number of nitrogens with zero attached hydrogens (tertiary/aromatic N) is 2. The lowest BCUT2D eigenvalue weighted by molar-refractivity contribution is 0.235. The van der Waals surface area contributed by atoms with Gasteiger partial charge in [-0.1, -0.05) is 25.4 Å². The molecule has 1 fully saturated rings. The van der Waals surface area contributed by atoms with E-state index in [4.69, 9.17) is 11.6 Å². The Kier molecular flexibility index (Phi) is 7.01. The molecule has 0 spiro atoms. The molecule has 0 aromatic heterocycles. The van der Waals surface area contributed by atoms with Crippen LogP contribution in [0.4, 0.5) is 4.79 Å². The topological polar surface area (TPSA) is 69.7 Å². The molecule has 2 rings (SSSR count). The van der Waals surface area contributed by atoms with Crippen LogP contribution in [0.1, 0.15) is 19.4 Å². The number of urea groups is 1. The lowest BCUT2D eigenvalue weighted by Crippen LogP contribution is -2.34. The van der Waals surface area contributed by atoms with E-state index in [0.29, 0.717) is 22.0 Å². The molecule has 1 heterocycles. The van der Waals surface area contributed by atoms with Gasteiger partial charge in [-0.25, -0.2) is 17.5 Å². The van der Waals surface area contributed by atoms with Crippen molar-refractivity contribution in [3.63, 3.8) is 0 Å². The second-order valence-corrected chi connectivity index (χ2v) is 9.11. The number of carbonyl (C=O) groups excluding carboxylic acids is 1. The molecular weight excluding hydrogens is 382 g/mol. The van der Waals surface area contributed by atoms with E-state index in [2.05, 4.69) is 24.1 Å².